The smallest absolute Gasteiger partial charge is 0.272 e. The number of nitrogens with one attached hydrogen (secondary N) is 3. The number of amides is 1. The molecule has 2 aromatic heterocycles. The molecule has 0 bridgehead atoms. The van der Waals surface area contributed by atoms with Gasteiger partial charge >= 0.3 is 0 Å². The van der Waals surface area contributed by atoms with Gasteiger partial charge in [0.15, 0.2) is 5.69 Å². The molecule has 2 heterocycles. The molecule has 1 atom stereocenters. The van der Waals surface area contributed by atoms with Crippen molar-refractivity contribution >= 4 is 11.6 Å². The first-order valence-electron chi connectivity index (χ1n) is 6.66. The van der Waals surface area contributed by atoms with Crippen molar-refractivity contribution in [3.05, 3.63) is 35.7 Å². The molecule has 21 heavy (non-hydrogen) atoms. The summed E-state index contributed by atoms with van der Waals surface area (Å²) in [6, 6.07) is -0.195. The molecular weight excluding hydrogens is 270 g/mol. The molecule has 2 rings (SSSR count). The molecule has 5 N–H and O–H groups in total. The van der Waals surface area contributed by atoms with Gasteiger partial charge in [0, 0.05) is 17.7 Å². The van der Waals surface area contributed by atoms with E-state index in [1.165, 1.54) is 6.20 Å². The van der Waals surface area contributed by atoms with E-state index < -0.39 is 0 Å². The lowest BCUT2D eigenvalue weighted by molar-refractivity contribution is 0.0935. The topological polar surface area (TPSA) is 122 Å². The van der Waals surface area contributed by atoms with Gasteiger partial charge in [-0.15, -0.1) is 0 Å². The molecule has 1 amide bonds. The van der Waals surface area contributed by atoms with Gasteiger partial charge in [-0.3, -0.25) is 15.7 Å². The van der Waals surface area contributed by atoms with Crippen LogP contribution in [0.2, 0.25) is 0 Å². The zero-order valence-electron chi connectivity index (χ0n) is 12.2. The monoisotopic (exact) mass is 289 g/mol. The highest BCUT2D eigenvalue weighted by Crippen LogP contribution is 2.17. The SMILES string of the molecule is CC(C)c1ncc(NN)c(C(=O)NC(C)c2cn[nH]c2)n1. The average Bonchev–Trinajstić information content (AvgIpc) is 3.00. The molecule has 0 saturated heterocycles. The lowest BCUT2D eigenvalue weighted by Gasteiger charge is -2.14. The molecule has 1 unspecified atom stereocenters. The minimum Gasteiger partial charge on any atom is -0.344 e. The van der Waals surface area contributed by atoms with Crippen LogP contribution >= 0.6 is 0 Å². The molecule has 0 aliphatic carbocycles. The summed E-state index contributed by atoms with van der Waals surface area (Å²) >= 11 is 0. The summed E-state index contributed by atoms with van der Waals surface area (Å²) in [7, 11) is 0. The maximum absolute atomic E-state index is 12.4. The fourth-order valence-corrected chi connectivity index (χ4v) is 1.80. The zero-order chi connectivity index (χ0) is 15.4. The van der Waals surface area contributed by atoms with Gasteiger partial charge in [-0.25, -0.2) is 9.97 Å². The first-order chi connectivity index (χ1) is 10.0. The van der Waals surface area contributed by atoms with Crippen molar-refractivity contribution in [3.8, 4) is 0 Å². The Morgan fingerprint density at radius 1 is 1.33 bits per heavy atom. The summed E-state index contributed by atoms with van der Waals surface area (Å²) in [5.41, 5.74) is 3.94. The Labute approximate surface area is 122 Å². The van der Waals surface area contributed by atoms with Crippen LogP contribution in [0.1, 0.15) is 54.6 Å². The predicted molar refractivity (Wildman–Crippen MR) is 78.4 cm³/mol. The van der Waals surface area contributed by atoms with E-state index in [2.05, 4.69) is 30.9 Å². The molecule has 0 radical (unpaired) electrons. The fraction of sp³-hybridized carbons (Fsp3) is 0.385. The summed E-state index contributed by atoms with van der Waals surface area (Å²) in [4.78, 5) is 20.8. The second-order valence-corrected chi connectivity index (χ2v) is 5.02. The van der Waals surface area contributed by atoms with Gasteiger partial charge in [0.2, 0.25) is 0 Å². The number of aromatic amines is 1. The number of hydrogen-bond acceptors (Lipinski definition) is 6. The number of nitrogen functional groups attached to an aromatic ring is 1. The third-order valence-electron chi connectivity index (χ3n) is 3.06. The van der Waals surface area contributed by atoms with Crippen molar-refractivity contribution in [1.29, 1.82) is 0 Å². The first kappa shape index (κ1) is 14.9. The largest absolute Gasteiger partial charge is 0.344 e. The third kappa shape index (κ3) is 3.34. The van der Waals surface area contributed by atoms with E-state index in [4.69, 9.17) is 5.84 Å². The Morgan fingerprint density at radius 3 is 2.67 bits per heavy atom. The summed E-state index contributed by atoms with van der Waals surface area (Å²) in [5, 5.41) is 9.43. The molecule has 0 aliphatic heterocycles. The molecule has 2 aromatic rings. The number of hydrogen-bond donors (Lipinski definition) is 4. The number of carbonyl (C=O) groups is 1. The van der Waals surface area contributed by atoms with Gasteiger partial charge in [0.1, 0.15) is 5.82 Å². The number of carbonyl (C=O) groups excluding carboxylic acids is 1. The second-order valence-electron chi connectivity index (χ2n) is 5.02. The summed E-state index contributed by atoms with van der Waals surface area (Å²) < 4.78 is 0. The van der Waals surface area contributed by atoms with Crippen molar-refractivity contribution in [2.45, 2.75) is 32.7 Å². The number of aromatic nitrogens is 4. The van der Waals surface area contributed by atoms with E-state index in [-0.39, 0.29) is 23.6 Å². The van der Waals surface area contributed by atoms with Crippen LogP contribution in [0.5, 0.6) is 0 Å². The van der Waals surface area contributed by atoms with Crippen LogP contribution in [0.25, 0.3) is 0 Å². The normalized spacial score (nSPS) is 12.2. The molecule has 0 spiro atoms. The van der Waals surface area contributed by atoms with Crippen LogP contribution in [0.3, 0.4) is 0 Å². The van der Waals surface area contributed by atoms with Gasteiger partial charge in [-0.2, -0.15) is 5.10 Å². The molecule has 8 nitrogen and oxygen atoms in total. The minimum absolute atomic E-state index is 0.120. The van der Waals surface area contributed by atoms with E-state index in [1.807, 2.05) is 20.8 Å². The standard InChI is InChI=1S/C13H19N7O/c1-7(2)12-15-6-10(20-14)11(19-12)13(21)18-8(3)9-4-16-17-5-9/h4-8,20H,14H2,1-3H3,(H,16,17)(H,18,21). The van der Waals surface area contributed by atoms with Crippen LogP contribution in [0, 0.1) is 0 Å². The van der Waals surface area contributed by atoms with Gasteiger partial charge in [-0.05, 0) is 6.92 Å². The maximum atomic E-state index is 12.4. The highest BCUT2D eigenvalue weighted by Gasteiger charge is 2.18. The molecule has 112 valence electrons. The highest BCUT2D eigenvalue weighted by atomic mass is 16.2. The summed E-state index contributed by atoms with van der Waals surface area (Å²) in [5.74, 6) is 5.81. The lowest BCUT2D eigenvalue weighted by Crippen LogP contribution is -2.29. The van der Waals surface area contributed by atoms with E-state index in [1.54, 1.807) is 12.4 Å². The zero-order valence-corrected chi connectivity index (χ0v) is 12.2. The number of anilines is 1. The molecular formula is C13H19N7O. The van der Waals surface area contributed by atoms with E-state index in [9.17, 15) is 4.79 Å². The fourth-order valence-electron chi connectivity index (χ4n) is 1.80. The summed E-state index contributed by atoms with van der Waals surface area (Å²) in [6.07, 6.45) is 4.90. The van der Waals surface area contributed by atoms with Gasteiger partial charge < -0.3 is 10.7 Å². The number of hydrazine groups is 1. The van der Waals surface area contributed by atoms with E-state index >= 15 is 0 Å². The first-order valence-corrected chi connectivity index (χ1v) is 6.66. The Kier molecular flexibility index (Phi) is 4.49. The lowest BCUT2D eigenvalue weighted by atomic mass is 10.1. The van der Waals surface area contributed by atoms with Crippen LogP contribution in [-0.2, 0) is 0 Å². The van der Waals surface area contributed by atoms with Gasteiger partial charge in [-0.1, -0.05) is 13.8 Å². The van der Waals surface area contributed by atoms with Crippen LogP contribution in [0.15, 0.2) is 18.6 Å². The van der Waals surface area contributed by atoms with Crippen molar-refractivity contribution in [1.82, 2.24) is 25.5 Å². The highest BCUT2D eigenvalue weighted by molar-refractivity contribution is 5.97. The molecule has 0 aromatic carbocycles. The third-order valence-corrected chi connectivity index (χ3v) is 3.06. The van der Waals surface area contributed by atoms with Crippen LogP contribution in [0.4, 0.5) is 5.69 Å². The van der Waals surface area contributed by atoms with Gasteiger partial charge in [0.05, 0.1) is 24.1 Å². The number of nitrogens with zero attached hydrogens (tertiary/aromatic N) is 3. The van der Waals surface area contributed by atoms with Crippen LogP contribution < -0.4 is 16.6 Å². The number of H-pyrrole nitrogens is 1. The molecule has 0 fully saturated rings. The Morgan fingerprint density at radius 2 is 2.10 bits per heavy atom. The molecule has 8 heteroatoms. The quantitative estimate of drug-likeness (QED) is 0.483. The summed E-state index contributed by atoms with van der Waals surface area (Å²) in [6.45, 7) is 5.78. The van der Waals surface area contributed by atoms with Crippen molar-refractivity contribution < 1.29 is 4.79 Å². The van der Waals surface area contributed by atoms with E-state index in [0.29, 0.717) is 11.5 Å². The molecule has 0 saturated carbocycles. The van der Waals surface area contributed by atoms with Crippen molar-refractivity contribution in [2.75, 3.05) is 5.43 Å². The molecule has 0 aliphatic rings. The predicted octanol–water partition coefficient (Wildman–Crippen LogP) is 1.10. The van der Waals surface area contributed by atoms with Crippen molar-refractivity contribution in [3.63, 3.8) is 0 Å². The van der Waals surface area contributed by atoms with E-state index in [0.717, 1.165) is 5.56 Å². The number of rotatable bonds is 5. The Balaban J connectivity index is 2.23. The van der Waals surface area contributed by atoms with Crippen molar-refractivity contribution in [2.24, 2.45) is 5.84 Å². The Hall–Kier alpha value is -2.48. The van der Waals surface area contributed by atoms with Crippen LogP contribution in [-0.4, -0.2) is 26.1 Å². The maximum Gasteiger partial charge on any atom is 0.272 e. The minimum atomic E-state index is -0.319. The number of nitrogens with two attached hydrogens (primary N) is 1. The Bertz CT molecular complexity index is 609. The van der Waals surface area contributed by atoms with Gasteiger partial charge in [0.25, 0.3) is 5.91 Å². The average molecular weight is 289 g/mol. The second kappa shape index (κ2) is 6.31.